The van der Waals surface area contributed by atoms with Crippen molar-refractivity contribution in [1.82, 2.24) is 0 Å². The molecule has 0 atom stereocenters. The fourth-order valence-corrected chi connectivity index (χ4v) is 3.36. The minimum Gasteiger partial charge on any atom is -0.299 e. The van der Waals surface area contributed by atoms with Crippen molar-refractivity contribution < 1.29 is 4.79 Å². The third-order valence-electron chi connectivity index (χ3n) is 4.13. The maximum Gasteiger partial charge on any atom is 0.143 e. The molecule has 2 aromatic carbocycles. The van der Waals surface area contributed by atoms with Gasteiger partial charge in [0, 0.05) is 0 Å². The third kappa shape index (κ3) is 1.97. The van der Waals surface area contributed by atoms with E-state index in [1.807, 2.05) is 12.1 Å². The molecule has 2 aromatic rings. The number of hydrogen-bond acceptors (Lipinski definition) is 1. The summed E-state index contributed by atoms with van der Waals surface area (Å²) in [6, 6.07) is 20.8. The van der Waals surface area contributed by atoms with Crippen molar-refractivity contribution in [2.75, 3.05) is 0 Å². The molecule has 0 N–H and O–H groups in total. The van der Waals surface area contributed by atoms with Gasteiger partial charge in [-0.25, -0.2) is 0 Å². The highest BCUT2D eigenvalue weighted by molar-refractivity contribution is 5.86. The van der Waals surface area contributed by atoms with Crippen molar-refractivity contribution >= 4 is 6.29 Å². The summed E-state index contributed by atoms with van der Waals surface area (Å²) in [6.45, 7) is 4.23. The van der Waals surface area contributed by atoms with E-state index >= 15 is 0 Å². The second-order valence-electron chi connectivity index (χ2n) is 5.57. The smallest absolute Gasteiger partial charge is 0.143 e. The van der Waals surface area contributed by atoms with Gasteiger partial charge in [0.25, 0.3) is 0 Å². The van der Waals surface area contributed by atoms with E-state index in [-0.39, 0.29) is 5.41 Å². The number of carbonyl (C=O) groups excluding carboxylic acids is 1. The molecule has 0 bridgehead atoms. The monoisotopic (exact) mass is 274 g/mol. The van der Waals surface area contributed by atoms with Gasteiger partial charge in [0.15, 0.2) is 0 Å². The van der Waals surface area contributed by atoms with Crippen LogP contribution in [0.15, 0.2) is 83.5 Å². The Morgan fingerprint density at radius 1 is 0.857 bits per heavy atom. The molecular formula is C20H18O. The zero-order valence-electron chi connectivity index (χ0n) is 12.3. The van der Waals surface area contributed by atoms with Crippen molar-refractivity contribution in [2.24, 2.45) is 0 Å². The van der Waals surface area contributed by atoms with Gasteiger partial charge in [0.2, 0.25) is 0 Å². The highest BCUT2D eigenvalue weighted by Crippen LogP contribution is 2.64. The predicted octanol–water partition coefficient (Wildman–Crippen LogP) is 4.45. The minimum atomic E-state index is -0.248. The number of carbonyl (C=O) groups is 1. The van der Waals surface area contributed by atoms with Crippen LogP contribution in [-0.4, -0.2) is 6.29 Å². The molecule has 1 aliphatic rings. The van der Waals surface area contributed by atoms with E-state index in [9.17, 15) is 4.79 Å². The molecule has 3 rings (SSSR count). The molecule has 0 aromatic heterocycles. The maximum absolute atomic E-state index is 11.1. The Hall–Kier alpha value is -2.41. The lowest BCUT2D eigenvalue weighted by atomic mass is 9.85. The average molecular weight is 274 g/mol. The summed E-state index contributed by atoms with van der Waals surface area (Å²) < 4.78 is 0. The van der Waals surface area contributed by atoms with Crippen molar-refractivity contribution in [3.63, 3.8) is 0 Å². The second kappa shape index (κ2) is 5.17. The lowest BCUT2D eigenvalue weighted by Gasteiger charge is -2.16. The Morgan fingerprint density at radius 2 is 1.33 bits per heavy atom. The zero-order valence-corrected chi connectivity index (χ0v) is 12.3. The van der Waals surface area contributed by atoms with Crippen molar-refractivity contribution in [3.05, 3.63) is 94.6 Å². The summed E-state index contributed by atoms with van der Waals surface area (Å²) in [5, 5.41) is 0. The number of benzene rings is 2. The zero-order chi connectivity index (χ0) is 14.9. The Kier molecular flexibility index (Phi) is 3.34. The van der Waals surface area contributed by atoms with E-state index in [0.29, 0.717) is 0 Å². The molecule has 21 heavy (non-hydrogen) atoms. The van der Waals surface area contributed by atoms with E-state index < -0.39 is 0 Å². The Labute approximate surface area is 125 Å². The molecule has 1 aliphatic carbocycles. The first-order chi connectivity index (χ1) is 10.2. The highest BCUT2D eigenvalue weighted by Gasteiger charge is 2.57. The molecule has 1 nitrogen and oxygen atoms in total. The average Bonchev–Trinajstić information content (AvgIpc) is 3.19. The van der Waals surface area contributed by atoms with Crippen LogP contribution in [0.3, 0.4) is 0 Å². The van der Waals surface area contributed by atoms with Gasteiger partial charge in [-0.2, -0.15) is 0 Å². The molecule has 0 spiro atoms. The van der Waals surface area contributed by atoms with Crippen LogP contribution in [-0.2, 0) is 10.2 Å². The van der Waals surface area contributed by atoms with Crippen LogP contribution in [0, 0.1) is 0 Å². The quantitative estimate of drug-likeness (QED) is 0.597. The van der Waals surface area contributed by atoms with E-state index in [4.69, 9.17) is 0 Å². The first kappa shape index (κ1) is 13.6. The summed E-state index contributed by atoms with van der Waals surface area (Å²) in [7, 11) is 0. The number of allylic oxidation sites excluding steroid dienone is 4. The van der Waals surface area contributed by atoms with Crippen LogP contribution in [0.1, 0.15) is 25.0 Å². The van der Waals surface area contributed by atoms with Gasteiger partial charge in [-0.15, -0.1) is 0 Å². The second-order valence-corrected chi connectivity index (χ2v) is 5.57. The Bertz CT molecular complexity index is 677. The predicted molar refractivity (Wildman–Crippen MR) is 86.2 cm³/mol. The molecule has 1 heteroatoms. The lowest BCUT2D eigenvalue weighted by Crippen LogP contribution is -2.10. The molecule has 1 saturated carbocycles. The molecule has 1 fully saturated rings. The number of aldehydes is 1. The van der Waals surface area contributed by atoms with E-state index in [2.05, 4.69) is 62.4 Å². The summed E-state index contributed by atoms with van der Waals surface area (Å²) in [5.41, 5.74) is 5.85. The third-order valence-corrected chi connectivity index (χ3v) is 4.13. The van der Waals surface area contributed by atoms with Crippen LogP contribution in [0.2, 0.25) is 0 Å². The van der Waals surface area contributed by atoms with Gasteiger partial charge in [-0.1, -0.05) is 66.2 Å². The fraction of sp³-hybridized carbons (Fsp3) is 0.150. The minimum absolute atomic E-state index is 0.248. The summed E-state index contributed by atoms with van der Waals surface area (Å²) in [5.74, 6) is 0. The molecule has 0 aliphatic heterocycles. The highest BCUT2D eigenvalue weighted by atomic mass is 16.1. The van der Waals surface area contributed by atoms with Gasteiger partial charge in [-0.3, -0.25) is 4.79 Å². The van der Waals surface area contributed by atoms with Crippen LogP contribution in [0.5, 0.6) is 0 Å². The Morgan fingerprint density at radius 3 is 1.71 bits per heavy atom. The van der Waals surface area contributed by atoms with Crippen LogP contribution in [0.4, 0.5) is 0 Å². The SMILES string of the molecule is CC(C)=C1/C(=C/C=O)C1(c1ccccc1)c1ccccc1. The van der Waals surface area contributed by atoms with E-state index in [1.165, 1.54) is 22.3 Å². The van der Waals surface area contributed by atoms with E-state index in [0.717, 1.165) is 11.9 Å². The van der Waals surface area contributed by atoms with Gasteiger partial charge >= 0.3 is 0 Å². The summed E-state index contributed by atoms with van der Waals surface area (Å²) in [4.78, 5) is 11.1. The van der Waals surface area contributed by atoms with Crippen LogP contribution >= 0.6 is 0 Å². The molecule has 104 valence electrons. The van der Waals surface area contributed by atoms with Gasteiger partial charge < -0.3 is 0 Å². The summed E-state index contributed by atoms with van der Waals surface area (Å²) >= 11 is 0. The fourth-order valence-electron chi connectivity index (χ4n) is 3.36. The molecule has 0 radical (unpaired) electrons. The van der Waals surface area contributed by atoms with Crippen LogP contribution in [0.25, 0.3) is 0 Å². The van der Waals surface area contributed by atoms with Crippen molar-refractivity contribution in [3.8, 4) is 0 Å². The lowest BCUT2D eigenvalue weighted by molar-refractivity contribution is -0.104. The number of hydrogen-bond donors (Lipinski definition) is 0. The topological polar surface area (TPSA) is 17.1 Å². The normalized spacial score (nSPS) is 17.6. The van der Waals surface area contributed by atoms with Gasteiger partial charge in [0.1, 0.15) is 6.29 Å². The molecule has 0 heterocycles. The van der Waals surface area contributed by atoms with Gasteiger partial charge in [0.05, 0.1) is 5.41 Å². The first-order valence-electron chi connectivity index (χ1n) is 7.18. The van der Waals surface area contributed by atoms with E-state index in [1.54, 1.807) is 6.08 Å². The maximum atomic E-state index is 11.1. The van der Waals surface area contributed by atoms with Gasteiger partial charge in [-0.05, 0) is 42.2 Å². The van der Waals surface area contributed by atoms with Crippen molar-refractivity contribution in [1.29, 1.82) is 0 Å². The largest absolute Gasteiger partial charge is 0.299 e. The Balaban J connectivity index is 2.31. The van der Waals surface area contributed by atoms with Crippen molar-refractivity contribution in [2.45, 2.75) is 19.3 Å². The molecule has 0 unspecified atom stereocenters. The first-order valence-corrected chi connectivity index (χ1v) is 7.18. The number of rotatable bonds is 3. The standard InChI is InChI=1S/C20H18O/c1-15(2)19-18(13-14-21)20(19,16-9-5-3-6-10-16)17-11-7-4-8-12-17/h3-14H,1-2H3/b18-13-. The van der Waals surface area contributed by atoms with Crippen LogP contribution < -0.4 is 0 Å². The molecule has 0 amide bonds. The molecule has 0 saturated heterocycles. The molecular weight excluding hydrogens is 256 g/mol. The summed E-state index contributed by atoms with van der Waals surface area (Å²) in [6.07, 6.45) is 2.61.